The van der Waals surface area contributed by atoms with Gasteiger partial charge in [0.15, 0.2) is 24.6 Å². The lowest BCUT2D eigenvalue weighted by atomic mass is 9.98. The zero-order valence-corrected chi connectivity index (χ0v) is 46.0. The van der Waals surface area contributed by atoms with Gasteiger partial charge in [0.05, 0.1) is 6.61 Å². The number of carbonyl (C=O) groups excluding carboxylic acids is 3. The second kappa shape index (κ2) is 49.7. The Morgan fingerprint density at radius 2 is 0.867 bits per heavy atom. The molecule has 12 nitrogen and oxygen atoms in total. The van der Waals surface area contributed by atoms with E-state index in [2.05, 4.69) is 142 Å². The molecule has 0 aromatic rings. The van der Waals surface area contributed by atoms with Crippen molar-refractivity contribution >= 4 is 23.9 Å². The van der Waals surface area contributed by atoms with E-state index in [9.17, 15) is 34.5 Å². The van der Waals surface area contributed by atoms with Crippen LogP contribution in [-0.4, -0.2) is 89.2 Å². The molecule has 3 N–H and O–H groups in total. The number of allylic oxidation sites excluding steroid dienone is 22. The second-order valence-corrected chi connectivity index (χ2v) is 18.4. The molecule has 1 rings (SSSR count). The summed E-state index contributed by atoms with van der Waals surface area (Å²) in [7, 11) is 0. The SMILES string of the molecule is CC/C=C\C/C=C\C/C=C\C/C=C\C/C=C\C/C=C\CCC(=O)OCC(COC1OC(C(=O)O)C(O)C(O)C1OC(=O)CCCCC/C=C\C/C=C\C/C=C\CC)OC(=O)CCCCCCC/C=C\C/C=C\CCC. The molecule has 0 radical (unpaired) electrons. The Labute approximate surface area is 451 Å². The largest absolute Gasteiger partial charge is 0.479 e. The number of carboxylic acids is 1. The average Bonchev–Trinajstić information content (AvgIpc) is 3.39. The molecule has 6 unspecified atom stereocenters. The molecular formula is C63H96O12. The minimum atomic E-state index is -1.93. The molecule has 75 heavy (non-hydrogen) atoms. The highest BCUT2D eigenvalue weighted by atomic mass is 16.7. The number of aliphatic hydroxyl groups excluding tert-OH is 2. The first-order valence-electron chi connectivity index (χ1n) is 28.2. The van der Waals surface area contributed by atoms with Crippen LogP contribution < -0.4 is 0 Å². The highest BCUT2D eigenvalue weighted by Gasteiger charge is 2.50. The van der Waals surface area contributed by atoms with Gasteiger partial charge in [0.25, 0.3) is 0 Å². The van der Waals surface area contributed by atoms with Crippen LogP contribution in [0.3, 0.4) is 0 Å². The predicted octanol–water partition coefficient (Wildman–Crippen LogP) is 14.2. The third-order valence-electron chi connectivity index (χ3n) is 11.7. The zero-order chi connectivity index (χ0) is 54.7. The summed E-state index contributed by atoms with van der Waals surface area (Å²) in [6.45, 7) is 5.57. The van der Waals surface area contributed by atoms with Gasteiger partial charge in [-0.15, -0.1) is 0 Å². The monoisotopic (exact) mass is 1040 g/mol. The molecule has 0 spiro atoms. The molecule has 6 atom stereocenters. The van der Waals surface area contributed by atoms with E-state index in [0.29, 0.717) is 19.3 Å². The molecule has 1 aliphatic heterocycles. The van der Waals surface area contributed by atoms with E-state index in [4.69, 9.17) is 23.7 Å². The molecule has 0 aliphatic carbocycles. The highest BCUT2D eigenvalue weighted by molar-refractivity contribution is 5.74. The quantitative estimate of drug-likeness (QED) is 0.0228. The fraction of sp³-hybridized carbons (Fsp3) is 0.587. The fourth-order valence-corrected chi connectivity index (χ4v) is 7.44. The number of aliphatic carboxylic acids is 1. The summed E-state index contributed by atoms with van der Waals surface area (Å²) < 4.78 is 28.2. The third kappa shape index (κ3) is 39.9. The minimum absolute atomic E-state index is 0.00887. The number of hydrogen-bond acceptors (Lipinski definition) is 11. The van der Waals surface area contributed by atoms with Gasteiger partial charge in [-0.05, 0) is 116 Å². The summed E-state index contributed by atoms with van der Waals surface area (Å²) in [5.74, 6) is -3.32. The van der Waals surface area contributed by atoms with Gasteiger partial charge in [0.1, 0.15) is 18.8 Å². The molecule has 1 heterocycles. The molecule has 0 aromatic heterocycles. The van der Waals surface area contributed by atoms with Gasteiger partial charge >= 0.3 is 23.9 Å². The number of esters is 3. The molecule has 1 aliphatic rings. The second-order valence-electron chi connectivity index (χ2n) is 18.4. The Morgan fingerprint density at radius 3 is 1.35 bits per heavy atom. The van der Waals surface area contributed by atoms with Crippen LogP contribution in [0.2, 0.25) is 0 Å². The van der Waals surface area contributed by atoms with E-state index in [1.165, 1.54) is 0 Å². The van der Waals surface area contributed by atoms with E-state index >= 15 is 0 Å². The lowest BCUT2D eigenvalue weighted by molar-refractivity contribution is -0.301. The summed E-state index contributed by atoms with van der Waals surface area (Å²) in [4.78, 5) is 51.0. The molecule has 12 heteroatoms. The minimum Gasteiger partial charge on any atom is -0.479 e. The number of aliphatic hydroxyl groups is 2. The summed E-state index contributed by atoms with van der Waals surface area (Å²) in [5.41, 5.74) is 0. The Balaban J connectivity index is 2.78. The molecule has 0 bridgehead atoms. The van der Waals surface area contributed by atoms with E-state index in [0.717, 1.165) is 128 Å². The first-order chi connectivity index (χ1) is 36.6. The van der Waals surface area contributed by atoms with E-state index in [1.54, 1.807) is 0 Å². The van der Waals surface area contributed by atoms with Crippen molar-refractivity contribution in [3.63, 3.8) is 0 Å². The summed E-state index contributed by atoms with van der Waals surface area (Å²) in [6, 6.07) is 0. The van der Waals surface area contributed by atoms with Crippen LogP contribution in [0.15, 0.2) is 134 Å². The molecule has 420 valence electrons. The van der Waals surface area contributed by atoms with Crippen LogP contribution in [0.1, 0.15) is 188 Å². The van der Waals surface area contributed by atoms with Gasteiger partial charge in [0, 0.05) is 19.3 Å². The van der Waals surface area contributed by atoms with E-state index < -0.39 is 67.3 Å². The topological polar surface area (TPSA) is 175 Å². The summed E-state index contributed by atoms with van der Waals surface area (Å²) in [5, 5.41) is 31.4. The fourth-order valence-electron chi connectivity index (χ4n) is 7.44. The maximum absolute atomic E-state index is 13.1. The molecular weight excluding hydrogens is 949 g/mol. The van der Waals surface area contributed by atoms with Crippen molar-refractivity contribution in [2.45, 2.75) is 225 Å². The Morgan fingerprint density at radius 1 is 0.453 bits per heavy atom. The van der Waals surface area contributed by atoms with E-state index in [1.807, 2.05) is 12.2 Å². The van der Waals surface area contributed by atoms with Crippen molar-refractivity contribution in [1.29, 1.82) is 0 Å². The molecule has 0 aromatic carbocycles. The Kier molecular flexibility index (Phi) is 45.0. The van der Waals surface area contributed by atoms with Gasteiger partial charge in [0.2, 0.25) is 0 Å². The lowest BCUT2D eigenvalue weighted by Gasteiger charge is -2.40. The number of rotatable bonds is 45. The molecule has 1 fully saturated rings. The van der Waals surface area contributed by atoms with Crippen molar-refractivity contribution in [3.8, 4) is 0 Å². The highest BCUT2D eigenvalue weighted by Crippen LogP contribution is 2.26. The number of hydrogen-bond donors (Lipinski definition) is 3. The van der Waals surface area contributed by atoms with Gasteiger partial charge in [-0.2, -0.15) is 0 Å². The van der Waals surface area contributed by atoms with Crippen molar-refractivity contribution in [2.75, 3.05) is 13.2 Å². The molecule has 0 saturated carbocycles. The first kappa shape index (κ1) is 67.9. The number of ether oxygens (including phenoxy) is 5. The third-order valence-corrected chi connectivity index (χ3v) is 11.7. The Bertz CT molecular complexity index is 1810. The number of carbonyl (C=O) groups is 4. The first-order valence-corrected chi connectivity index (χ1v) is 28.2. The van der Waals surface area contributed by atoms with Crippen molar-refractivity contribution in [2.24, 2.45) is 0 Å². The van der Waals surface area contributed by atoms with Crippen molar-refractivity contribution in [1.82, 2.24) is 0 Å². The van der Waals surface area contributed by atoms with Crippen LogP contribution in [0, 0.1) is 0 Å². The standard InChI is InChI=1S/C63H96O12/c1-4-7-10-13-16-19-22-25-26-27-28-29-30-33-34-37-40-43-46-49-55(64)71-52-54(73-56(65)50-47-44-41-38-35-31-23-20-17-14-11-8-5-2)53-72-63-61(59(68)58(67)60(75-63)62(69)70)74-57(66)51-48-45-42-39-36-32-24-21-18-15-12-9-6-3/h7,9-12,14,16,18-21,23,25-26,28-29,32-34,36,40,43,54,58-61,63,67-68H,4-6,8,13,15,17,22,24,27,30-31,35,37-39,41-42,44-53H2,1-3H3,(H,69,70)/b10-7-,12-9-,14-11-,19-16-,21-18-,23-20-,26-25-,29-28-,34-33-,36-32-,43-40-. The van der Waals surface area contributed by atoms with Crippen LogP contribution in [0.4, 0.5) is 0 Å². The predicted molar refractivity (Wildman–Crippen MR) is 303 cm³/mol. The number of unbranched alkanes of at least 4 members (excludes halogenated alkanes) is 9. The van der Waals surface area contributed by atoms with Crippen molar-refractivity contribution < 1.29 is 58.2 Å². The van der Waals surface area contributed by atoms with Crippen molar-refractivity contribution in [3.05, 3.63) is 134 Å². The maximum atomic E-state index is 13.1. The summed E-state index contributed by atoms with van der Waals surface area (Å²) in [6.07, 6.45) is 57.3. The van der Waals surface area contributed by atoms with Gasteiger partial charge < -0.3 is 39.0 Å². The number of carboxylic acid groups (broad SMARTS) is 1. The lowest BCUT2D eigenvalue weighted by Crippen LogP contribution is -2.61. The Hall–Kier alpha value is -5.14. The van der Waals surface area contributed by atoms with E-state index in [-0.39, 0.29) is 25.9 Å². The zero-order valence-electron chi connectivity index (χ0n) is 46.0. The van der Waals surface area contributed by atoms with Crippen LogP contribution >= 0.6 is 0 Å². The smallest absolute Gasteiger partial charge is 0.335 e. The van der Waals surface area contributed by atoms with Gasteiger partial charge in [-0.1, -0.05) is 187 Å². The van der Waals surface area contributed by atoms with Crippen LogP contribution in [-0.2, 0) is 42.9 Å². The van der Waals surface area contributed by atoms with Gasteiger partial charge in [-0.25, -0.2) is 4.79 Å². The van der Waals surface area contributed by atoms with Crippen LogP contribution in [0.25, 0.3) is 0 Å². The maximum Gasteiger partial charge on any atom is 0.335 e. The normalized spacial score (nSPS) is 19.2. The summed E-state index contributed by atoms with van der Waals surface area (Å²) >= 11 is 0. The van der Waals surface area contributed by atoms with Gasteiger partial charge in [-0.3, -0.25) is 14.4 Å². The molecule has 1 saturated heterocycles. The molecule has 0 amide bonds. The van der Waals surface area contributed by atoms with Crippen LogP contribution in [0.5, 0.6) is 0 Å². The average molecular weight is 1050 g/mol.